The SMILES string of the molecule is CC(C)c1ccc([C@H](N[C@H](C)C(N)=O)C(C)C)cc1. The van der Waals surface area contributed by atoms with E-state index in [2.05, 4.69) is 57.3 Å². The van der Waals surface area contributed by atoms with Gasteiger partial charge in [0.15, 0.2) is 0 Å². The molecule has 3 heteroatoms. The number of carbonyl (C=O) groups is 1. The highest BCUT2D eigenvalue weighted by molar-refractivity contribution is 5.79. The van der Waals surface area contributed by atoms with Crippen molar-refractivity contribution in [3.05, 3.63) is 35.4 Å². The highest BCUT2D eigenvalue weighted by atomic mass is 16.1. The maximum atomic E-state index is 11.2. The molecule has 3 N–H and O–H groups in total. The fraction of sp³-hybridized carbons (Fsp3) is 0.562. The van der Waals surface area contributed by atoms with E-state index in [1.54, 1.807) is 6.92 Å². The summed E-state index contributed by atoms with van der Waals surface area (Å²) in [6, 6.07) is 8.42. The van der Waals surface area contributed by atoms with Gasteiger partial charge in [-0.3, -0.25) is 10.1 Å². The zero-order valence-electron chi connectivity index (χ0n) is 12.6. The molecule has 1 amide bonds. The largest absolute Gasteiger partial charge is 0.368 e. The summed E-state index contributed by atoms with van der Waals surface area (Å²) in [5.74, 6) is 0.611. The quantitative estimate of drug-likeness (QED) is 0.828. The van der Waals surface area contributed by atoms with Gasteiger partial charge in [-0.05, 0) is 29.9 Å². The topological polar surface area (TPSA) is 55.1 Å². The summed E-state index contributed by atoms with van der Waals surface area (Å²) in [5.41, 5.74) is 7.85. The molecule has 0 unspecified atom stereocenters. The maximum absolute atomic E-state index is 11.2. The molecule has 0 heterocycles. The second kappa shape index (κ2) is 6.71. The third-order valence-corrected chi connectivity index (χ3v) is 3.49. The van der Waals surface area contributed by atoms with E-state index in [4.69, 9.17) is 5.73 Å². The Morgan fingerprint density at radius 2 is 1.47 bits per heavy atom. The number of amides is 1. The van der Waals surface area contributed by atoms with Gasteiger partial charge in [0.25, 0.3) is 0 Å². The Labute approximate surface area is 116 Å². The molecule has 0 aliphatic rings. The minimum Gasteiger partial charge on any atom is -0.368 e. The molecule has 0 aliphatic heterocycles. The molecule has 1 aromatic rings. The Balaban J connectivity index is 2.90. The van der Waals surface area contributed by atoms with Crippen LogP contribution in [0.2, 0.25) is 0 Å². The molecular formula is C16H26N2O. The number of hydrogen-bond donors (Lipinski definition) is 2. The van der Waals surface area contributed by atoms with Crippen LogP contribution in [0.5, 0.6) is 0 Å². The van der Waals surface area contributed by atoms with E-state index in [1.165, 1.54) is 11.1 Å². The number of nitrogens with two attached hydrogens (primary N) is 1. The van der Waals surface area contributed by atoms with Gasteiger partial charge in [-0.1, -0.05) is 52.0 Å². The van der Waals surface area contributed by atoms with E-state index in [1.807, 2.05) is 0 Å². The monoisotopic (exact) mass is 262 g/mol. The van der Waals surface area contributed by atoms with E-state index in [0.717, 1.165) is 0 Å². The van der Waals surface area contributed by atoms with Crippen molar-refractivity contribution in [2.75, 3.05) is 0 Å². The van der Waals surface area contributed by atoms with Crippen LogP contribution in [0.15, 0.2) is 24.3 Å². The first-order valence-corrected chi connectivity index (χ1v) is 6.98. The van der Waals surface area contributed by atoms with Gasteiger partial charge in [0.1, 0.15) is 0 Å². The van der Waals surface area contributed by atoms with Crippen molar-refractivity contribution in [2.24, 2.45) is 11.7 Å². The zero-order valence-corrected chi connectivity index (χ0v) is 12.6. The van der Waals surface area contributed by atoms with Gasteiger partial charge in [-0.2, -0.15) is 0 Å². The molecule has 0 fully saturated rings. The first-order chi connectivity index (χ1) is 8.82. The first-order valence-electron chi connectivity index (χ1n) is 6.98. The highest BCUT2D eigenvalue weighted by Gasteiger charge is 2.20. The summed E-state index contributed by atoms with van der Waals surface area (Å²) in [7, 11) is 0. The van der Waals surface area contributed by atoms with Gasteiger partial charge in [-0.25, -0.2) is 0 Å². The van der Waals surface area contributed by atoms with Crippen LogP contribution in [0.1, 0.15) is 57.7 Å². The Bertz CT molecular complexity index is 409. The molecule has 0 saturated heterocycles. The molecule has 0 radical (unpaired) electrons. The van der Waals surface area contributed by atoms with E-state index < -0.39 is 0 Å². The average Bonchev–Trinajstić information content (AvgIpc) is 2.35. The molecule has 106 valence electrons. The van der Waals surface area contributed by atoms with Crippen LogP contribution in [0, 0.1) is 5.92 Å². The Morgan fingerprint density at radius 1 is 1.00 bits per heavy atom. The van der Waals surface area contributed by atoms with Crippen LogP contribution < -0.4 is 11.1 Å². The molecule has 1 aromatic carbocycles. The lowest BCUT2D eigenvalue weighted by Crippen LogP contribution is -2.42. The summed E-state index contributed by atoms with van der Waals surface area (Å²) >= 11 is 0. The Kier molecular flexibility index (Phi) is 5.55. The van der Waals surface area contributed by atoms with Gasteiger partial charge < -0.3 is 5.73 Å². The number of nitrogens with one attached hydrogen (secondary N) is 1. The normalized spacial score (nSPS) is 14.7. The third kappa shape index (κ3) is 4.35. The first kappa shape index (κ1) is 15.7. The number of primary amides is 1. The standard InChI is InChI=1S/C16H26N2O/c1-10(2)13-6-8-14(9-7-13)15(11(3)4)18-12(5)16(17)19/h6-12,15,18H,1-5H3,(H2,17,19)/t12-,15-/m1/s1. The zero-order chi connectivity index (χ0) is 14.6. The molecule has 0 saturated carbocycles. The fourth-order valence-electron chi connectivity index (χ4n) is 2.11. The van der Waals surface area contributed by atoms with Crippen LogP contribution in [-0.4, -0.2) is 11.9 Å². The molecule has 0 spiro atoms. The summed E-state index contributed by atoms with van der Waals surface area (Å²) in [4.78, 5) is 11.2. The number of benzene rings is 1. The van der Waals surface area contributed by atoms with E-state index >= 15 is 0 Å². The van der Waals surface area contributed by atoms with E-state index in [-0.39, 0.29) is 18.0 Å². The van der Waals surface area contributed by atoms with Crippen molar-refractivity contribution < 1.29 is 4.79 Å². The van der Waals surface area contributed by atoms with Crippen molar-refractivity contribution in [3.63, 3.8) is 0 Å². The van der Waals surface area contributed by atoms with Crippen molar-refractivity contribution in [2.45, 2.75) is 52.6 Å². The second-order valence-electron chi connectivity index (χ2n) is 5.83. The molecule has 0 bridgehead atoms. The highest BCUT2D eigenvalue weighted by Crippen LogP contribution is 2.24. The molecular weight excluding hydrogens is 236 g/mol. The van der Waals surface area contributed by atoms with Gasteiger partial charge in [0.2, 0.25) is 5.91 Å². The van der Waals surface area contributed by atoms with Crippen LogP contribution >= 0.6 is 0 Å². The fourth-order valence-corrected chi connectivity index (χ4v) is 2.11. The second-order valence-corrected chi connectivity index (χ2v) is 5.83. The van der Waals surface area contributed by atoms with Gasteiger partial charge >= 0.3 is 0 Å². The van der Waals surface area contributed by atoms with Gasteiger partial charge in [0, 0.05) is 6.04 Å². The lowest BCUT2D eigenvalue weighted by molar-refractivity contribution is -0.119. The maximum Gasteiger partial charge on any atom is 0.234 e. The molecule has 0 aliphatic carbocycles. The van der Waals surface area contributed by atoms with E-state index in [9.17, 15) is 4.79 Å². The predicted molar refractivity (Wildman–Crippen MR) is 79.9 cm³/mol. The average molecular weight is 262 g/mol. The van der Waals surface area contributed by atoms with Crippen molar-refractivity contribution in [1.82, 2.24) is 5.32 Å². The Morgan fingerprint density at radius 3 is 1.84 bits per heavy atom. The molecule has 2 atom stereocenters. The lowest BCUT2D eigenvalue weighted by atomic mass is 9.93. The van der Waals surface area contributed by atoms with Gasteiger partial charge in [0.05, 0.1) is 6.04 Å². The molecule has 0 aromatic heterocycles. The van der Waals surface area contributed by atoms with Crippen molar-refractivity contribution in [3.8, 4) is 0 Å². The van der Waals surface area contributed by atoms with Crippen LogP contribution in [0.4, 0.5) is 0 Å². The van der Waals surface area contributed by atoms with Gasteiger partial charge in [-0.15, -0.1) is 0 Å². The number of carbonyl (C=O) groups excluding carboxylic acids is 1. The van der Waals surface area contributed by atoms with Crippen LogP contribution in [0.25, 0.3) is 0 Å². The van der Waals surface area contributed by atoms with Crippen molar-refractivity contribution in [1.29, 1.82) is 0 Å². The summed E-state index contributed by atoms with van der Waals surface area (Å²) in [5, 5.41) is 3.31. The molecule has 19 heavy (non-hydrogen) atoms. The Hall–Kier alpha value is -1.35. The van der Waals surface area contributed by atoms with Crippen LogP contribution in [0.3, 0.4) is 0 Å². The predicted octanol–water partition coefficient (Wildman–Crippen LogP) is 2.97. The summed E-state index contributed by atoms with van der Waals surface area (Å²) < 4.78 is 0. The third-order valence-electron chi connectivity index (χ3n) is 3.49. The minimum absolute atomic E-state index is 0.142. The number of hydrogen-bond acceptors (Lipinski definition) is 2. The molecule has 3 nitrogen and oxygen atoms in total. The smallest absolute Gasteiger partial charge is 0.234 e. The van der Waals surface area contributed by atoms with E-state index in [0.29, 0.717) is 11.8 Å². The van der Waals surface area contributed by atoms with Crippen molar-refractivity contribution >= 4 is 5.91 Å². The lowest BCUT2D eigenvalue weighted by Gasteiger charge is -2.26. The summed E-state index contributed by atoms with van der Waals surface area (Å²) in [6.45, 7) is 10.5. The van der Waals surface area contributed by atoms with Crippen LogP contribution in [-0.2, 0) is 4.79 Å². The summed E-state index contributed by atoms with van der Waals surface area (Å²) in [6.07, 6.45) is 0. The minimum atomic E-state index is -0.322. The molecule has 1 rings (SSSR count). The number of rotatable bonds is 6.